The Labute approximate surface area is 203 Å². The Morgan fingerprint density at radius 3 is 2.24 bits per heavy atom. The lowest BCUT2D eigenvalue weighted by Gasteiger charge is -2.46. The zero-order chi connectivity index (χ0) is 24.9. The summed E-state index contributed by atoms with van der Waals surface area (Å²) in [6.07, 6.45) is 0. The quantitative estimate of drug-likeness (QED) is 0.445. The third-order valence-corrected chi connectivity index (χ3v) is 6.84. The molecule has 0 bridgehead atoms. The van der Waals surface area contributed by atoms with Crippen molar-refractivity contribution in [3.05, 3.63) is 63.2 Å². The Balaban J connectivity index is 2.34. The van der Waals surface area contributed by atoms with Crippen LogP contribution in [0.3, 0.4) is 0 Å². The van der Waals surface area contributed by atoms with E-state index in [1.54, 1.807) is 33.1 Å². The van der Waals surface area contributed by atoms with Gasteiger partial charge in [-0.05, 0) is 40.2 Å². The third kappa shape index (κ3) is 4.44. The highest BCUT2D eigenvalue weighted by Gasteiger charge is 2.60. The number of carbonyl (C=O) groups is 3. The fraction of sp³-hybridized carbons (Fsp3) is 0.440. The van der Waals surface area contributed by atoms with Crippen LogP contribution in [0, 0.1) is 0 Å². The number of nitrogens with zero attached hydrogens (tertiary/aromatic N) is 1. The van der Waals surface area contributed by atoms with Gasteiger partial charge in [0.05, 0.1) is 25.4 Å². The van der Waals surface area contributed by atoms with Crippen LogP contribution in [0.15, 0.2) is 47.0 Å². The van der Waals surface area contributed by atoms with E-state index < -0.39 is 35.3 Å². The molecule has 34 heavy (non-hydrogen) atoms. The maximum Gasteiger partial charge on any atom is 0.357 e. The minimum Gasteiger partial charge on any atom is -0.465 e. The summed E-state index contributed by atoms with van der Waals surface area (Å²) in [5.74, 6) is -2.40. The van der Waals surface area contributed by atoms with Gasteiger partial charge in [-0.15, -0.1) is 11.3 Å². The second-order valence-corrected chi connectivity index (χ2v) is 8.67. The summed E-state index contributed by atoms with van der Waals surface area (Å²) >= 11 is 1.17. The molecule has 1 aliphatic rings. The van der Waals surface area contributed by atoms with Crippen LogP contribution in [0.4, 0.5) is 0 Å². The summed E-state index contributed by atoms with van der Waals surface area (Å²) < 4.78 is 16.1. The van der Waals surface area contributed by atoms with E-state index in [1.165, 1.54) is 11.3 Å². The molecule has 1 N–H and O–H groups in total. The number of hydrogen-bond donors (Lipinski definition) is 1. The average Bonchev–Trinajstić information content (AvgIpc) is 3.30. The first-order valence-electron chi connectivity index (χ1n) is 11.3. The number of carbonyl (C=O) groups excluding carboxylic acids is 3. The van der Waals surface area contributed by atoms with E-state index in [4.69, 9.17) is 14.2 Å². The minimum absolute atomic E-state index is 0.105. The first-order valence-corrected chi connectivity index (χ1v) is 12.2. The van der Waals surface area contributed by atoms with Crippen molar-refractivity contribution in [2.75, 3.05) is 19.8 Å². The Morgan fingerprint density at radius 2 is 1.62 bits per heavy atom. The zero-order valence-corrected chi connectivity index (χ0v) is 20.9. The number of nitrogens with one attached hydrogen (secondary N) is 1. The van der Waals surface area contributed by atoms with Gasteiger partial charge in [0.15, 0.2) is 11.1 Å². The first kappa shape index (κ1) is 25.4. The summed E-state index contributed by atoms with van der Waals surface area (Å²) in [4.78, 5) is 44.0. The smallest absolute Gasteiger partial charge is 0.357 e. The molecule has 3 rings (SSSR count). The number of benzene rings is 1. The van der Waals surface area contributed by atoms with E-state index in [9.17, 15) is 14.4 Å². The van der Waals surface area contributed by atoms with E-state index in [2.05, 4.69) is 10.3 Å². The van der Waals surface area contributed by atoms with Crippen LogP contribution in [-0.4, -0.2) is 48.8 Å². The summed E-state index contributed by atoms with van der Waals surface area (Å²) in [7, 11) is 0. The maximum absolute atomic E-state index is 13.9. The SMILES string of the molecule is CCOC(=O)C1=C(C)NC(C)C(C(=O)OCC)(c2nc(C(=O)OCC)cs2)C1c1ccccc1. The topological polar surface area (TPSA) is 104 Å². The zero-order valence-electron chi connectivity index (χ0n) is 20.0. The largest absolute Gasteiger partial charge is 0.465 e. The molecule has 0 fully saturated rings. The molecule has 3 atom stereocenters. The molecule has 0 amide bonds. The van der Waals surface area contributed by atoms with Gasteiger partial charge >= 0.3 is 17.9 Å². The molecule has 3 unspecified atom stereocenters. The number of thiazole rings is 1. The van der Waals surface area contributed by atoms with Crippen molar-refractivity contribution in [2.24, 2.45) is 0 Å². The molecule has 0 saturated heterocycles. The fourth-order valence-corrected chi connectivity index (χ4v) is 5.57. The maximum atomic E-state index is 13.9. The van der Waals surface area contributed by atoms with Gasteiger partial charge in [-0.3, -0.25) is 4.79 Å². The second kappa shape index (κ2) is 10.8. The number of rotatable bonds is 8. The highest BCUT2D eigenvalue weighted by molar-refractivity contribution is 7.10. The van der Waals surface area contributed by atoms with Crippen LogP contribution >= 0.6 is 11.3 Å². The average molecular weight is 487 g/mol. The summed E-state index contributed by atoms with van der Waals surface area (Å²) in [6, 6.07) is 8.77. The predicted molar refractivity (Wildman–Crippen MR) is 127 cm³/mol. The summed E-state index contributed by atoms with van der Waals surface area (Å²) in [5.41, 5.74) is 0.343. The van der Waals surface area contributed by atoms with E-state index in [0.29, 0.717) is 16.3 Å². The van der Waals surface area contributed by atoms with Crippen LogP contribution in [-0.2, 0) is 29.2 Å². The Bertz CT molecular complexity index is 1080. The normalized spacial score (nSPS) is 22.0. The Hall–Kier alpha value is -3.20. The van der Waals surface area contributed by atoms with Crippen LogP contribution in [0.1, 0.15) is 61.6 Å². The van der Waals surface area contributed by atoms with Gasteiger partial charge in [-0.25, -0.2) is 14.6 Å². The van der Waals surface area contributed by atoms with E-state index >= 15 is 0 Å². The predicted octanol–water partition coefficient (Wildman–Crippen LogP) is 3.73. The standard InChI is InChI=1S/C25H30N2O6S/c1-6-31-21(28)18-14-34-23(27-18)25(24(30)33-8-3)16(5)26-15(4)19(22(29)32-7-2)20(25)17-12-10-9-11-13-17/h9-14,16,20,26H,6-8H2,1-5H3. The molecule has 182 valence electrons. The molecule has 0 saturated carbocycles. The van der Waals surface area contributed by atoms with Crippen molar-refractivity contribution in [2.45, 2.75) is 52.0 Å². The van der Waals surface area contributed by atoms with Gasteiger partial charge in [0.1, 0.15) is 5.01 Å². The molecule has 8 nitrogen and oxygen atoms in total. The van der Waals surface area contributed by atoms with E-state index in [0.717, 1.165) is 5.56 Å². The number of ether oxygens (including phenoxy) is 3. The third-order valence-electron chi connectivity index (χ3n) is 5.85. The molecule has 1 aromatic carbocycles. The molecule has 2 heterocycles. The highest BCUT2D eigenvalue weighted by Crippen LogP contribution is 2.51. The molecule has 9 heteroatoms. The second-order valence-electron chi connectivity index (χ2n) is 7.82. The van der Waals surface area contributed by atoms with Crippen molar-refractivity contribution < 1.29 is 28.6 Å². The van der Waals surface area contributed by atoms with Crippen LogP contribution in [0.2, 0.25) is 0 Å². The summed E-state index contributed by atoms with van der Waals surface area (Å²) in [5, 5.41) is 5.22. The van der Waals surface area contributed by atoms with E-state index in [1.807, 2.05) is 37.3 Å². The van der Waals surface area contributed by atoms with Gasteiger partial charge in [-0.2, -0.15) is 0 Å². The van der Waals surface area contributed by atoms with Crippen molar-refractivity contribution in [3.8, 4) is 0 Å². The first-order chi connectivity index (χ1) is 16.3. The number of hydrogen-bond acceptors (Lipinski definition) is 9. The van der Waals surface area contributed by atoms with Gasteiger partial charge in [0, 0.05) is 23.0 Å². The van der Waals surface area contributed by atoms with Crippen molar-refractivity contribution >= 4 is 29.2 Å². The molecular weight excluding hydrogens is 456 g/mol. The molecule has 0 spiro atoms. The minimum atomic E-state index is -1.44. The van der Waals surface area contributed by atoms with Gasteiger partial charge in [-0.1, -0.05) is 30.3 Å². The molecule has 2 aromatic rings. The lowest BCUT2D eigenvalue weighted by Crippen LogP contribution is -2.60. The number of aromatic nitrogens is 1. The van der Waals surface area contributed by atoms with Gasteiger partial charge in [0.2, 0.25) is 0 Å². The lowest BCUT2D eigenvalue weighted by molar-refractivity contribution is -0.153. The van der Waals surface area contributed by atoms with Crippen molar-refractivity contribution in [1.29, 1.82) is 0 Å². The Morgan fingerprint density at radius 1 is 1.00 bits per heavy atom. The van der Waals surface area contributed by atoms with E-state index in [-0.39, 0.29) is 25.5 Å². The van der Waals surface area contributed by atoms with Crippen molar-refractivity contribution in [1.82, 2.24) is 10.3 Å². The Kier molecular flexibility index (Phi) is 8.09. The molecule has 0 aliphatic carbocycles. The van der Waals surface area contributed by atoms with Crippen LogP contribution in [0.5, 0.6) is 0 Å². The highest BCUT2D eigenvalue weighted by atomic mass is 32.1. The fourth-order valence-electron chi connectivity index (χ4n) is 4.47. The molecular formula is C25H30N2O6S. The number of allylic oxidation sites excluding steroid dienone is 1. The van der Waals surface area contributed by atoms with Crippen molar-refractivity contribution in [3.63, 3.8) is 0 Å². The van der Waals surface area contributed by atoms with Gasteiger partial charge < -0.3 is 19.5 Å². The monoisotopic (exact) mass is 486 g/mol. The number of esters is 3. The molecule has 0 radical (unpaired) electrons. The lowest BCUT2D eigenvalue weighted by atomic mass is 9.62. The summed E-state index contributed by atoms with van der Waals surface area (Å²) in [6.45, 7) is 9.34. The molecule has 1 aliphatic heterocycles. The van der Waals surface area contributed by atoms with Crippen LogP contribution < -0.4 is 5.32 Å². The van der Waals surface area contributed by atoms with Gasteiger partial charge in [0.25, 0.3) is 0 Å². The molecule has 1 aromatic heterocycles. The van der Waals surface area contributed by atoms with Crippen LogP contribution in [0.25, 0.3) is 0 Å².